The number of carbonyl (C=O) groups excluding carboxylic acids is 1. The molecular formula is C18H17BrFN3O3S. The summed E-state index contributed by atoms with van der Waals surface area (Å²) in [6.07, 6.45) is 0.776. The summed E-state index contributed by atoms with van der Waals surface area (Å²) in [5.74, 6) is 0.604. The van der Waals surface area contributed by atoms with Gasteiger partial charge >= 0.3 is 0 Å². The molecule has 0 fully saturated rings. The molecule has 2 aromatic heterocycles. The van der Waals surface area contributed by atoms with Crippen molar-refractivity contribution in [1.82, 2.24) is 15.1 Å². The van der Waals surface area contributed by atoms with E-state index in [2.05, 4.69) is 26.1 Å². The van der Waals surface area contributed by atoms with E-state index < -0.39 is 0 Å². The number of nitrogens with zero attached hydrogens (tertiary/aromatic N) is 3. The minimum atomic E-state index is -0.383. The first-order valence-electron chi connectivity index (χ1n) is 8.28. The Morgan fingerprint density at radius 3 is 2.93 bits per heavy atom. The highest BCUT2D eigenvalue weighted by atomic mass is 79.9. The lowest BCUT2D eigenvalue weighted by molar-refractivity contribution is -0.134. The van der Waals surface area contributed by atoms with Crippen LogP contribution in [0.4, 0.5) is 4.39 Å². The summed E-state index contributed by atoms with van der Waals surface area (Å²) in [7, 11) is 0. The number of carbonyl (C=O) groups is 1. The minimum absolute atomic E-state index is 0.170. The van der Waals surface area contributed by atoms with Gasteiger partial charge in [0.15, 0.2) is 6.61 Å². The second-order valence-corrected chi connectivity index (χ2v) is 7.46. The van der Waals surface area contributed by atoms with Gasteiger partial charge in [0.05, 0.1) is 15.9 Å². The third kappa shape index (κ3) is 5.14. The van der Waals surface area contributed by atoms with Crippen LogP contribution >= 0.6 is 27.3 Å². The minimum Gasteiger partial charge on any atom is -0.483 e. The second-order valence-electron chi connectivity index (χ2n) is 5.66. The van der Waals surface area contributed by atoms with Gasteiger partial charge in [-0.25, -0.2) is 4.39 Å². The van der Waals surface area contributed by atoms with Gasteiger partial charge in [-0.15, -0.1) is 21.5 Å². The predicted octanol–water partition coefficient (Wildman–Crippen LogP) is 4.52. The van der Waals surface area contributed by atoms with Gasteiger partial charge in [0.25, 0.3) is 11.8 Å². The topological polar surface area (TPSA) is 68.5 Å². The lowest BCUT2D eigenvalue weighted by Gasteiger charge is -2.20. The van der Waals surface area contributed by atoms with Crippen LogP contribution in [0, 0.1) is 5.82 Å². The highest BCUT2D eigenvalue weighted by molar-refractivity contribution is 9.10. The SMILES string of the molecule is CCCN(Cc1nnc(-c2cccs2)o1)C(=O)COc1ccc(F)cc1Br. The first-order valence-corrected chi connectivity index (χ1v) is 9.96. The Morgan fingerprint density at radius 1 is 1.37 bits per heavy atom. The summed E-state index contributed by atoms with van der Waals surface area (Å²) in [5, 5.41) is 9.98. The molecule has 0 N–H and O–H groups in total. The van der Waals surface area contributed by atoms with Gasteiger partial charge in [-0.1, -0.05) is 13.0 Å². The van der Waals surface area contributed by atoms with E-state index in [1.807, 2.05) is 24.4 Å². The normalized spacial score (nSPS) is 10.8. The van der Waals surface area contributed by atoms with Crippen LogP contribution in [0.25, 0.3) is 10.8 Å². The Labute approximate surface area is 168 Å². The van der Waals surface area contributed by atoms with Crippen LogP contribution < -0.4 is 4.74 Å². The number of hydrogen-bond acceptors (Lipinski definition) is 6. The van der Waals surface area contributed by atoms with E-state index in [1.165, 1.54) is 29.5 Å². The summed E-state index contributed by atoms with van der Waals surface area (Å²) in [4.78, 5) is 15.0. The van der Waals surface area contributed by atoms with Crippen molar-refractivity contribution in [3.05, 3.63) is 51.9 Å². The molecule has 9 heteroatoms. The van der Waals surface area contributed by atoms with Gasteiger partial charge < -0.3 is 14.1 Å². The lowest BCUT2D eigenvalue weighted by Crippen LogP contribution is -2.35. The molecule has 0 spiro atoms. The number of halogens is 2. The monoisotopic (exact) mass is 453 g/mol. The molecule has 0 saturated carbocycles. The van der Waals surface area contributed by atoms with E-state index in [1.54, 1.807) is 4.90 Å². The molecule has 0 aliphatic rings. The molecule has 3 aromatic rings. The van der Waals surface area contributed by atoms with Gasteiger partial charge in [0, 0.05) is 6.54 Å². The van der Waals surface area contributed by atoms with E-state index in [4.69, 9.17) is 9.15 Å². The zero-order chi connectivity index (χ0) is 19.2. The Hall–Kier alpha value is -2.26. The Kier molecular flexibility index (Phi) is 6.57. The maximum absolute atomic E-state index is 13.1. The van der Waals surface area contributed by atoms with Crippen LogP contribution in [-0.2, 0) is 11.3 Å². The van der Waals surface area contributed by atoms with Crippen molar-refractivity contribution in [3.8, 4) is 16.5 Å². The number of rotatable bonds is 8. The second kappa shape index (κ2) is 9.09. The molecule has 27 heavy (non-hydrogen) atoms. The van der Waals surface area contributed by atoms with Crippen LogP contribution in [0.1, 0.15) is 19.2 Å². The molecule has 0 radical (unpaired) electrons. The fraction of sp³-hybridized carbons (Fsp3) is 0.278. The molecule has 142 valence electrons. The molecule has 3 rings (SSSR count). The van der Waals surface area contributed by atoms with Crippen LogP contribution in [0.15, 0.2) is 44.6 Å². The molecule has 1 amide bonds. The quantitative estimate of drug-likeness (QED) is 0.501. The van der Waals surface area contributed by atoms with Gasteiger partial charge in [-0.2, -0.15) is 0 Å². The maximum atomic E-state index is 13.1. The smallest absolute Gasteiger partial charge is 0.260 e. The number of aromatic nitrogens is 2. The number of benzene rings is 1. The largest absolute Gasteiger partial charge is 0.483 e. The fourth-order valence-electron chi connectivity index (χ4n) is 2.37. The molecule has 0 aliphatic carbocycles. The van der Waals surface area contributed by atoms with E-state index in [0.717, 1.165) is 11.3 Å². The molecule has 0 saturated heterocycles. The number of thiophene rings is 1. The third-order valence-corrected chi connectivity index (χ3v) is 5.09. The average molecular weight is 454 g/mol. The van der Waals surface area contributed by atoms with E-state index in [0.29, 0.717) is 28.5 Å². The van der Waals surface area contributed by atoms with Gasteiger partial charge in [-0.05, 0) is 52.0 Å². The van der Waals surface area contributed by atoms with Crippen molar-refractivity contribution in [2.24, 2.45) is 0 Å². The van der Waals surface area contributed by atoms with E-state index in [-0.39, 0.29) is 24.9 Å². The highest BCUT2D eigenvalue weighted by Gasteiger charge is 2.18. The van der Waals surface area contributed by atoms with Crippen LogP contribution in [-0.4, -0.2) is 34.2 Å². The molecule has 2 heterocycles. The molecular weight excluding hydrogens is 437 g/mol. The van der Waals surface area contributed by atoms with Crippen LogP contribution in [0.2, 0.25) is 0 Å². The molecule has 0 unspecified atom stereocenters. The molecule has 0 atom stereocenters. The van der Waals surface area contributed by atoms with Crippen molar-refractivity contribution < 1.29 is 18.3 Å². The fourth-order valence-corrected chi connectivity index (χ4v) is 3.47. The third-order valence-electron chi connectivity index (χ3n) is 3.62. The molecule has 1 aromatic carbocycles. The van der Waals surface area contributed by atoms with Gasteiger partial charge in [0.2, 0.25) is 5.89 Å². The van der Waals surface area contributed by atoms with Crippen LogP contribution in [0.5, 0.6) is 5.75 Å². The summed E-state index contributed by atoms with van der Waals surface area (Å²) >= 11 is 4.72. The zero-order valence-corrected chi connectivity index (χ0v) is 16.9. The summed E-state index contributed by atoms with van der Waals surface area (Å²) < 4.78 is 24.8. The van der Waals surface area contributed by atoms with Crippen molar-refractivity contribution >= 4 is 33.2 Å². The predicted molar refractivity (Wildman–Crippen MR) is 103 cm³/mol. The first-order chi connectivity index (χ1) is 13.1. The molecule has 0 bridgehead atoms. The number of amides is 1. The zero-order valence-electron chi connectivity index (χ0n) is 14.5. The summed E-state index contributed by atoms with van der Waals surface area (Å²) in [6.45, 7) is 2.54. The lowest BCUT2D eigenvalue weighted by atomic mass is 10.3. The molecule has 6 nitrogen and oxygen atoms in total. The standard InChI is InChI=1S/C18H17BrFN3O3S/c1-2-7-23(10-16-21-22-18(26-16)15-4-3-8-27-15)17(24)11-25-14-6-5-12(20)9-13(14)19/h3-6,8-9H,2,7,10-11H2,1H3. The van der Waals surface area contributed by atoms with Gasteiger partial charge in [0.1, 0.15) is 11.6 Å². The average Bonchev–Trinajstić information content (AvgIpc) is 3.32. The van der Waals surface area contributed by atoms with E-state index in [9.17, 15) is 9.18 Å². The first kappa shape index (κ1) is 19.5. The Bertz CT molecular complexity index is 901. The molecule has 0 aliphatic heterocycles. The van der Waals surface area contributed by atoms with Crippen molar-refractivity contribution in [1.29, 1.82) is 0 Å². The number of hydrogen-bond donors (Lipinski definition) is 0. The van der Waals surface area contributed by atoms with E-state index >= 15 is 0 Å². The van der Waals surface area contributed by atoms with Crippen molar-refractivity contribution in [3.63, 3.8) is 0 Å². The van der Waals surface area contributed by atoms with Gasteiger partial charge in [-0.3, -0.25) is 4.79 Å². The number of ether oxygens (including phenoxy) is 1. The van der Waals surface area contributed by atoms with Crippen molar-refractivity contribution in [2.45, 2.75) is 19.9 Å². The van der Waals surface area contributed by atoms with Crippen LogP contribution in [0.3, 0.4) is 0 Å². The maximum Gasteiger partial charge on any atom is 0.260 e. The summed E-state index contributed by atoms with van der Waals surface area (Å²) in [6, 6.07) is 7.84. The Morgan fingerprint density at radius 2 is 2.22 bits per heavy atom. The Balaban J connectivity index is 1.63. The van der Waals surface area contributed by atoms with Crippen molar-refractivity contribution in [2.75, 3.05) is 13.2 Å². The highest BCUT2D eigenvalue weighted by Crippen LogP contribution is 2.26. The summed E-state index contributed by atoms with van der Waals surface area (Å²) in [5.41, 5.74) is 0.